The number of ether oxygens (including phenoxy) is 3. The molecule has 1 aliphatic heterocycles. The first-order chi connectivity index (χ1) is 14.0. The van der Waals surface area contributed by atoms with Gasteiger partial charge < -0.3 is 19.1 Å². The van der Waals surface area contributed by atoms with Crippen LogP contribution in [0.2, 0.25) is 0 Å². The van der Waals surface area contributed by atoms with Gasteiger partial charge in [-0.3, -0.25) is 14.4 Å². The van der Waals surface area contributed by atoms with Crippen molar-refractivity contribution in [3.05, 3.63) is 29.8 Å². The molecule has 7 heteroatoms. The molecule has 2 rings (SSSR count). The number of likely N-dealkylation sites (tertiary alicyclic amines) is 1. The van der Waals surface area contributed by atoms with Crippen molar-refractivity contribution in [2.45, 2.75) is 52.6 Å². The topological polar surface area (TPSA) is 82.1 Å². The number of hydrogen-bond donors (Lipinski definition) is 0. The third-order valence-corrected chi connectivity index (χ3v) is 4.95. The van der Waals surface area contributed by atoms with E-state index in [4.69, 9.17) is 14.2 Å². The van der Waals surface area contributed by atoms with E-state index in [2.05, 4.69) is 0 Å². The summed E-state index contributed by atoms with van der Waals surface area (Å²) in [5.41, 5.74) is 0.936. The Hall–Kier alpha value is -2.57. The molecule has 29 heavy (non-hydrogen) atoms. The first-order valence-electron chi connectivity index (χ1n) is 10.3. The lowest BCUT2D eigenvalue weighted by Gasteiger charge is -2.32. The Morgan fingerprint density at radius 3 is 2.45 bits per heavy atom. The standard InChI is InChI=1S/C22H31NO6/c1-4-27-19-9-7-6-8-17(19)10-11-20(24)29-16(3)21(25)23-14-12-18(13-15-23)22(26)28-5-2/h6-9,16,18H,4-5,10-15H2,1-3H3. The molecule has 1 amide bonds. The Kier molecular flexibility index (Phi) is 8.96. The van der Waals surface area contributed by atoms with E-state index in [9.17, 15) is 14.4 Å². The minimum Gasteiger partial charge on any atom is -0.494 e. The van der Waals surface area contributed by atoms with Crippen LogP contribution in [-0.4, -0.2) is 55.2 Å². The maximum atomic E-state index is 12.6. The lowest BCUT2D eigenvalue weighted by Crippen LogP contribution is -2.45. The molecule has 1 fully saturated rings. The highest BCUT2D eigenvalue weighted by atomic mass is 16.5. The van der Waals surface area contributed by atoms with Gasteiger partial charge in [0.05, 0.1) is 19.1 Å². The number of benzene rings is 1. The number of nitrogens with zero attached hydrogens (tertiary/aromatic N) is 1. The summed E-state index contributed by atoms with van der Waals surface area (Å²) in [4.78, 5) is 38.2. The summed E-state index contributed by atoms with van der Waals surface area (Å²) in [6, 6.07) is 7.57. The molecule has 0 N–H and O–H groups in total. The van der Waals surface area contributed by atoms with Crippen molar-refractivity contribution in [1.29, 1.82) is 0 Å². The van der Waals surface area contributed by atoms with Gasteiger partial charge in [-0.05, 0) is 51.7 Å². The summed E-state index contributed by atoms with van der Waals surface area (Å²) < 4.78 is 15.9. The number of piperidine rings is 1. The number of rotatable bonds is 9. The van der Waals surface area contributed by atoms with Crippen LogP contribution in [0.4, 0.5) is 0 Å². The molecular formula is C22H31NO6. The first-order valence-corrected chi connectivity index (χ1v) is 10.3. The molecular weight excluding hydrogens is 374 g/mol. The lowest BCUT2D eigenvalue weighted by atomic mass is 9.97. The fourth-order valence-corrected chi connectivity index (χ4v) is 3.40. The van der Waals surface area contributed by atoms with E-state index in [-0.39, 0.29) is 24.2 Å². The molecule has 0 bridgehead atoms. The van der Waals surface area contributed by atoms with Crippen LogP contribution < -0.4 is 4.74 Å². The molecule has 1 aromatic carbocycles. The zero-order chi connectivity index (χ0) is 21.2. The van der Waals surface area contributed by atoms with E-state index < -0.39 is 12.1 Å². The molecule has 0 saturated carbocycles. The Labute approximate surface area is 172 Å². The van der Waals surface area contributed by atoms with Gasteiger partial charge in [0.15, 0.2) is 6.10 Å². The Morgan fingerprint density at radius 1 is 1.10 bits per heavy atom. The fraction of sp³-hybridized carbons (Fsp3) is 0.591. The van der Waals surface area contributed by atoms with Gasteiger partial charge in [0, 0.05) is 19.5 Å². The van der Waals surface area contributed by atoms with E-state index in [1.54, 1.807) is 18.7 Å². The largest absolute Gasteiger partial charge is 0.494 e. The van der Waals surface area contributed by atoms with Gasteiger partial charge in [-0.25, -0.2) is 0 Å². The van der Waals surface area contributed by atoms with Gasteiger partial charge in [0.25, 0.3) is 5.91 Å². The summed E-state index contributed by atoms with van der Waals surface area (Å²) in [6.07, 6.45) is 0.954. The second-order valence-corrected chi connectivity index (χ2v) is 7.02. The van der Waals surface area contributed by atoms with E-state index in [1.165, 1.54) is 0 Å². The highest BCUT2D eigenvalue weighted by molar-refractivity contribution is 5.84. The van der Waals surface area contributed by atoms with Crippen LogP contribution in [0.5, 0.6) is 5.75 Å². The molecule has 1 unspecified atom stereocenters. The number of amides is 1. The monoisotopic (exact) mass is 405 g/mol. The second-order valence-electron chi connectivity index (χ2n) is 7.02. The minimum atomic E-state index is -0.844. The summed E-state index contributed by atoms with van der Waals surface area (Å²) >= 11 is 0. The Bertz CT molecular complexity index is 696. The van der Waals surface area contributed by atoms with Crippen molar-refractivity contribution in [3.8, 4) is 5.75 Å². The molecule has 1 aliphatic rings. The predicted molar refractivity (Wildman–Crippen MR) is 107 cm³/mol. The third kappa shape index (κ3) is 6.76. The number of carbonyl (C=O) groups is 3. The third-order valence-electron chi connectivity index (χ3n) is 4.95. The molecule has 1 aromatic rings. The first kappa shape index (κ1) is 22.7. The maximum absolute atomic E-state index is 12.6. The van der Waals surface area contributed by atoms with Crippen LogP contribution in [0.25, 0.3) is 0 Å². The normalized spacial score (nSPS) is 15.5. The highest BCUT2D eigenvalue weighted by Gasteiger charge is 2.31. The average Bonchev–Trinajstić information content (AvgIpc) is 2.73. The van der Waals surface area contributed by atoms with E-state index in [0.29, 0.717) is 45.6 Å². The zero-order valence-corrected chi connectivity index (χ0v) is 17.5. The van der Waals surface area contributed by atoms with Crippen LogP contribution in [0.15, 0.2) is 24.3 Å². The van der Waals surface area contributed by atoms with Crippen molar-refractivity contribution in [2.24, 2.45) is 5.92 Å². The number of esters is 2. The number of aryl methyl sites for hydroxylation is 1. The van der Waals surface area contributed by atoms with Gasteiger partial charge in [-0.2, -0.15) is 0 Å². The van der Waals surface area contributed by atoms with Gasteiger partial charge in [-0.1, -0.05) is 18.2 Å². The Morgan fingerprint density at radius 2 is 1.79 bits per heavy atom. The fourth-order valence-electron chi connectivity index (χ4n) is 3.40. The van der Waals surface area contributed by atoms with Crippen LogP contribution in [0.1, 0.15) is 45.6 Å². The maximum Gasteiger partial charge on any atom is 0.309 e. The van der Waals surface area contributed by atoms with Crippen molar-refractivity contribution in [3.63, 3.8) is 0 Å². The van der Waals surface area contributed by atoms with Gasteiger partial charge in [0.1, 0.15) is 5.75 Å². The SMILES string of the molecule is CCOC(=O)C1CCN(C(=O)C(C)OC(=O)CCc2ccccc2OCC)CC1. The summed E-state index contributed by atoms with van der Waals surface area (Å²) in [5.74, 6) is -0.251. The molecule has 7 nitrogen and oxygen atoms in total. The van der Waals surface area contributed by atoms with Gasteiger partial charge in [-0.15, -0.1) is 0 Å². The molecule has 1 heterocycles. The van der Waals surface area contributed by atoms with Crippen molar-refractivity contribution < 1.29 is 28.6 Å². The molecule has 160 valence electrons. The second kappa shape index (κ2) is 11.4. The highest BCUT2D eigenvalue weighted by Crippen LogP contribution is 2.21. The van der Waals surface area contributed by atoms with Crippen molar-refractivity contribution in [2.75, 3.05) is 26.3 Å². The van der Waals surface area contributed by atoms with E-state index >= 15 is 0 Å². The van der Waals surface area contributed by atoms with Gasteiger partial charge >= 0.3 is 11.9 Å². The summed E-state index contributed by atoms with van der Waals surface area (Å²) in [6.45, 7) is 7.12. The van der Waals surface area contributed by atoms with Crippen LogP contribution in [0, 0.1) is 5.92 Å². The Balaban J connectivity index is 1.78. The quantitative estimate of drug-likeness (QED) is 0.588. The summed E-state index contributed by atoms with van der Waals surface area (Å²) in [7, 11) is 0. The van der Waals surface area contributed by atoms with Crippen molar-refractivity contribution in [1.82, 2.24) is 4.90 Å². The predicted octanol–water partition coefficient (Wildman–Crippen LogP) is 2.75. The average molecular weight is 405 g/mol. The molecule has 0 aromatic heterocycles. The van der Waals surface area contributed by atoms with Crippen LogP contribution >= 0.6 is 0 Å². The van der Waals surface area contributed by atoms with Crippen LogP contribution in [0.3, 0.4) is 0 Å². The van der Waals surface area contributed by atoms with Crippen molar-refractivity contribution >= 4 is 17.8 Å². The number of para-hydroxylation sites is 1. The molecule has 1 saturated heterocycles. The molecule has 0 radical (unpaired) electrons. The number of hydrogen-bond acceptors (Lipinski definition) is 6. The summed E-state index contributed by atoms with van der Waals surface area (Å²) in [5, 5.41) is 0. The van der Waals surface area contributed by atoms with Gasteiger partial charge in [0.2, 0.25) is 0 Å². The smallest absolute Gasteiger partial charge is 0.309 e. The molecule has 0 aliphatic carbocycles. The number of carbonyl (C=O) groups excluding carboxylic acids is 3. The molecule has 0 spiro atoms. The zero-order valence-electron chi connectivity index (χ0n) is 17.5. The molecule has 1 atom stereocenters. The minimum absolute atomic E-state index is 0.165. The van der Waals surface area contributed by atoms with E-state index in [1.807, 2.05) is 31.2 Å². The van der Waals surface area contributed by atoms with Crippen LogP contribution in [-0.2, 0) is 30.3 Å². The van der Waals surface area contributed by atoms with E-state index in [0.717, 1.165) is 11.3 Å². The lowest BCUT2D eigenvalue weighted by molar-refractivity contribution is -0.160.